The lowest BCUT2D eigenvalue weighted by Gasteiger charge is -2.29. The van der Waals surface area contributed by atoms with E-state index in [1.54, 1.807) is 12.1 Å². The van der Waals surface area contributed by atoms with E-state index in [0.717, 1.165) is 60.8 Å². The Kier molecular flexibility index (Phi) is 12.9. The summed E-state index contributed by atoms with van der Waals surface area (Å²) in [5.41, 5.74) is 2.20. The molecule has 0 aliphatic heterocycles. The predicted octanol–water partition coefficient (Wildman–Crippen LogP) is 12.9. The molecule has 0 atom stereocenters. The molecular weight excluding hydrogens is 634 g/mol. The van der Waals surface area contributed by atoms with Crippen molar-refractivity contribution in [3.63, 3.8) is 0 Å². The molecule has 2 nitrogen and oxygen atoms in total. The van der Waals surface area contributed by atoms with E-state index in [2.05, 4.69) is 23.8 Å². The molecule has 0 saturated heterocycles. The highest BCUT2D eigenvalue weighted by atomic mass is 19.2. The molecule has 4 aromatic rings. The zero-order valence-electron chi connectivity index (χ0n) is 28.4. The van der Waals surface area contributed by atoms with Gasteiger partial charge < -0.3 is 0 Å². The maximum atomic E-state index is 14.5. The SMILES string of the molecule is CCCC[C@H]1CC[C@H](c2ccc(-c3ccc(F)nc3F)c(F)c2)CC1.CCC[C@H]1CC[C@H](c2ccc(-c3ccc(F)nc3F)c(F)c2)CC1. The molecule has 2 heterocycles. The molecule has 0 unspecified atom stereocenters. The molecule has 2 aromatic heterocycles. The van der Waals surface area contributed by atoms with Crippen molar-refractivity contribution in [2.75, 3.05) is 0 Å². The number of aromatic nitrogens is 2. The average molecular weight is 681 g/mol. The van der Waals surface area contributed by atoms with Gasteiger partial charge in [-0.05, 0) is 123 Å². The van der Waals surface area contributed by atoms with Gasteiger partial charge in [0.25, 0.3) is 0 Å². The summed E-state index contributed by atoms with van der Waals surface area (Å²) in [6.07, 6.45) is 15.4. The molecule has 0 spiro atoms. The molecule has 0 N–H and O–H groups in total. The second-order valence-electron chi connectivity index (χ2n) is 13.8. The quantitative estimate of drug-likeness (QED) is 0.130. The summed E-state index contributed by atoms with van der Waals surface area (Å²) in [7, 11) is 0. The first-order valence-electron chi connectivity index (χ1n) is 17.9. The number of rotatable bonds is 9. The van der Waals surface area contributed by atoms with E-state index in [1.807, 2.05) is 12.1 Å². The number of hydrogen-bond donors (Lipinski definition) is 0. The smallest absolute Gasteiger partial charge is 0.206 e. The number of benzene rings is 2. The number of pyridine rings is 2. The van der Waals surface area contributed by atoms with Gasteiger partial charge in [-0.1, -0.05) is 70.2 Å². The molecule has 49 heavy (non-hydrogen) atoms. The van der Waals surface area contributed by atoms with Crippen LogP contribution in [0.2, 0.25) is 0 Å². The van der Waals surface area contributed by atoms with Crippen molar-refractivity contribution < 1.29 is 26.3 Å². The van der Waals surface area contributed by atoms with E-state index in [0.29, 0.717) is 11.8 Å². The first-order valence-corrected chi connectivity index (χ1v) is 17.9. The Balaban J connectivity index is 0.000000191. The third-order valence-electron chi connectivity index (χ3n) is 10.5. The van der Waals surface area contributed by atoms with Crippen LogP contribution >= 0.6 is 0 Å². The first kappa shape index (κ1) is 36.6. The lowest BCUT2D eigenvalue weighted by molar-refractivity contribution is 0.304. The fraction of sp³-hybridized carbons (Fsp3) is 0.463. The Labute approximate surface area is 286 Å². The molecule has 2 aliphatic carbocycles. The molecule has 2 fully saturated rings. The minimum absolute atomic E-state index is 0.00581. The summed E-state index contributed by atoms with van der Waals surface area (Å²) in [6, 6.07) is 14.5. The van der Waals surface area contributed by atoms with Gasteiger partial charge in [-0.3, -0.25) is 0 Å². The van der Waals surface area contributed by atoms with E-state index >= 15 is 0 Å². The maximum Gasteiger partial charge on any atom is 0.223 e. The second kappa shape index (κ2) is 17.3. The van der Waals surface area contributed by atoms with Gasteiger partial charge in [0.1, 0.15) is 11.6 Å². The molecule has 0 radical (unpaired) electrons. The lowest BCUT2D eigenvalue weighted by atomic mass is 9.77. The van der Waals surface area contributed by atoms with Crippen LogP contribution in [0.1, 0.15) is 120 Å². The lowest BCUT2D eigenvalue weighted by Crippen LogP contribution is -2.13. The van der Waals surface area contributed by atoms with E-state index in [1.165, 1.54) is 82.1 Å². The van der Waals surface area contributed by atoms with Crippen molar-refractivity contribution in [3.05, 3.63) is 107 Å². The molecule has 6 rings (SSSR count). The van der Waals surface area contributed by atoms with Crippen LogP contribution in [0.25, 0.3) is 22.3 Å². The fourth-order valence-corrected chi connectivity index (χ4v) is 7.70. The van der Waals surface area contributed by atoms with Gasteiger partial charge in [-0.2, -0.15) is 27.5 Å². The maximum absolute atomic E-state index is 14.5. The normalized spacial score (nSPS) is 20.8. The third-order valence-corrected chi connectivity index (χ3v) is 10.5. The van der Waals surface area contributed by atoms with E-state index in [-0.39, 0.29) is 22.3 Å². The third kappa shape index (κ3) is 9.52. The van der Waals surface area contributed by atoms with Crippen LogP contribution in [0, 0.1) is 47.3 Å². The summed E-state index contributed by atoms with van der Waals surface area (Å²) in [5, 5.41) is 0. The molecular formula is C41H46F6N2. The van der Waals surface area contributed by atoms with Crippen molar-refractivity contribution in [2.45, 2.75) is 109 Å². The zero-order valence-corrected chi connectivity index (χ0v) is 28.4. The molecule has 2 aliphatic rings. The monoisotopic (exact) mass is 680 g/mol. The number of unbranched alkanes of at least 4 members (excludes halogenated alkanes) is 1. The highest BCUT2D eigenvalue weighted by Gasteiger charge is 2.25. The van der Waals surface area contributed by atoms with Gasteiger partial charge >= 0.3 is 0 Å². The number of hydrogen-bond acceptors (Lipinski definition) is 2. The van der Waals surface area contributed by atoms with Crippen LogP contribution in [-0.2, 0) is 0 Å². The number of nitrogens with zero attached hydrogens (tertiary/aromatic N) is 2. The summed E-state index contributed by atoms with van der Waals surface area (Å²) >= 11 is 0. The van der Waals surface area contributed by atoms with Gasteiger partial charge in [-0.15, -0.1) is 0 Å². The van der Waals surface area contributed by atoms with Crippen LogP contribution in [0.4, 0.5) is 26.3 Å². The standard InChI is InChI=1S/C21H24F3N.C20H22F3N/c1-2-3-4-14-5-7-15(8-6-14)16-9-10-17(19(22)13-16)18-11-12-20(23)25-21(18)24;1-2-3-13-4-6-14(7-5-13)15-8-9-16(18(21)12-15)17-10-11-19(22)24-20(17)23/h9-15H,2-8H2,1H3;8-14H,2-7H2,1H3/t14-,15-;13-,14-. The van der Waals surface area contributed by atoms with Gasteiger partial charge in [0, 0.05) is 22.3 Å². The van der Waals surface area contributed by atoms with Crippen molar-refractivity contribution in [2.24, 2.45) is 11.8 Å². The summed E-state index contributed by atoms with van der Waals surface area (Å²) in [5.74, 6) is -2.38. The van der Waals surface area contributed by atoms with Crippen molar-refractivity contribution >= 4 is 0 Å². The van der Waals surface area contributed by atoms with Crippen LogP contribution in [0.3, 0.4) is 0 Å². The minimum Gasteiger partial charge on any atom is -0.206 e. The average Bonchev–Trinajstić information content (AvgIpc) is 3.09. The molecule has 0 bridgehead atoms. The Bertz CT molecular complexity index is 1680. The molecule has 8 heteroatoms. The molecule has 0 amide bonds. The fourth-order valence-electron chi connectivity index (χ4n) is 7.70. The summed E-state index contributed by atoms with van der Waals surface area (Å²) < 4.78 is 82.4. The minimum atomic E-state index is -0.985. The summed E-state index contributed by atoms with van der Waals surface area (Å²) in [6.45, 7) is 4.43. The van der Waals surface area contributed by atoms with Crippen LogP contribution < -0.4 is 0 Å². The first-order chi connectivity index (χ1) is 23.7. The van der Waals surface area contributed by atoms with E-state index in [4.69, 9.17) is 0 Å². The van der Waals surface area contributed by atoms with Gasteiger partial charge in [0.2, 0.25) is 23.8 Å². The molecule has 2 saturated carbocycles. The predicted molar refractivity (Wildman–Crippen MR) is 183 cm³/mol. The zero-order chi connectivity index (χ0) is 34.9. The van der Waals surface area contributed by atoms with Crippen LogP contribution in [-0.4, -0.2) is 9.97 Å². The molecule has 2 aromatic carbocycles. The van der Waals surface area contributed by atoms with Gasteiger partial charge in [0.15, 0.2) is 0 Å². The Morgan fingerprint density at radius 1 is 0.490 bits per heavy atom. The Morgan fingerprint density at radius 3 is 1.27 bits per heavy atom. The molecule has 262 valence electrons. The highest BCUT2D eigenvalue weighted by molar-refractivity contribution is 5.65. The van der Waals surface area contributed by atoms with Gasteiger partial charge in [-0.25, -0.2) is 8.78 Å². The van der Waals surface area contributed by atoms with Crippen molar-refractivity contribution in [3.8, 4) is 22.3 Å². The largest absolute Gasteiger partial charge is 0.223 e. The van der Waals surface area contributed by atoms with Crippen molar-refractivity contribution in [1.82, 2.24) is 9.97 Å². The van der Waals surface area contributed by atoms with E-state index in [9.17, 15) is 26.3 Å². The number of halogens is 6. The van der Waals surface area contributed by atoms with Crippen molar-refractivity contribution in [1.29, 1.82) is 0 Å². The Morgan fingerprint density at radius 2 is 0.898 bits per heavy atom. The van der Waals surface area contributed by atoms with Crippen LogP contribution in [0.15, 0.2) is 60.7 Å². The van der Waals surface area contributed by atoms with E-state index < -0.39 is 35.4 Å². The van der Waals surface area contributed by atoms with Crippen LogP contribution in [0.5, 0.6) is 0 Å². The highest BCUT2D eigenvalue weighted by Crippen LogP contribution is 2.40. The Hall–Kier alpha value is -3.68. The summed E-state index contributed by atoms with van der Waals surface area (Å²) in [4.78, 5) is 6.27. The second-order valence-corrected chi connectivity index (χ2v) is 13.8. The topological polar surface area (TPSA) is 25.8 Å². The van der Waals surface area contributed by atoms with Gasteiger partial charge in [0.05, 0.1) is 0 Å².